The van der Waals surface area contributed by atoms with E-state index in [1.807, 2.05) is 0 Å². The standard InChI is InChI=1S/C11H14O4/c1-8(2)14-11(12)15-10-6-4-9(13-3)5-7-10/h4-8H,1-3H3. The SMILES string of the molecule is COc1ccc(OC(=O)OC(C)C)cc1. The lowest BCUT2D eigenvalue weighted by molar-refractivity contribution is 0.0729. The van der Waals surface area contributed by atoms with Crippen molar-refractivity contribution in [2.75, 3.05) is 7.11 Å². The van der Waals surface area contributed by atoms with Crippen LogP contribution in [0.4, 0.5) is 4.79 Å². The fourth-order valence-electron chi connectivity index (χ4n) is 0.956. The number of carbonyl (C=O) groups is 1. The zero-order valence-electron chi connectivity index (χ0n) is 9.02. The predicted octanol–water partition coefficient (Wildman–Crippen LogP) is 2.62. The summed E-state index contributed by atoms with van der Waals surface area (Å²) in [6.45, 7) is 3.52. The highest BCUT2D eigenvalue weighted by atomic mass is 16.7. The molecular weight excluding hydrogens is 196 g/mol. The molecule has 15 heavy (non-hydrogen) atoms. The molecule has 0 saturated carbocycles. The van der Waals surface area contributed by atoms with Crippen LogP contribution in [0.3, 0.4) is 0 Å². The Kier molecular flexibility index (Phi) is 3.97. The van der Waals surface area contributed by atoms with E-state index in [2.05, 4.69) is 0 Å². The van der Waals surface area contributed by atoms with Gasteiger partial charge in [-0.05, 0) is 38.1 Å². The lowest BCUT2D eigenvalue weighted by atomic mass is 10.3. The van der Waals surface area contributed by atoms with Crippen molar-refractivity contribution in [3.63, 3.8) is 0 Å². The molecule has 0 saturated heterocycles. The van der Waals surface area contributed by atoms with Crippen molar-refractivity contribution >= 4 is 6.16 Å². The zero-order valence-corrected chi connectivity index (χ0v) is 9.02. The van der Waals surface area contributed by atoms with E-state index < -0.39 is 6.16 Å². The quantitative estimate of drug-likeness (QED) is 0.568. The third-order valence-corrected chi connectivity index (χ3v) is 1.59. The summed E-state index contributed by atoms with van der Waals surface area (Å²) in [6.07, 6.45) is -0.883. The number of hydrogen-bond donors (Lipinski definition) is 0. The van der Waals surface area contributed by atoms with Gasteiger partial charge in [0.25, 0.3) is 0 Å². The van der Waals surface area contributed by atoms with Gasteiger partial charge in [-0.15, -0.1) is 0 Å². The Morgan fingerprint density at radius 3 is 2.13 bits per heavy atom. The van der Waals surface area contributed by atoms with E-state index in [9.17, 15) is 4.79 Å². The number of rotatable bonds is 3. The van der Waals surface area contributed by atoms with Gasteiger partial charge in [-0.3, -0.25) is 0 Å². The van der Waals surface area contributed by atoms with Gasteiger partial charge in [0, 0.05) is 0 Å². The fraction of sp³-hybridized carbons (Fsp3) is 0.364. The molecule has 1 aromatic rings. The largest absolute Gasteiger partial charge is 0.514 e. The monoisotopic (exact) mass is 210 g/mol. The topological polar surface area (TPSA) is 44.8 Å². The summed E-state index contributed by atoms with van der Waals surface area (Å²) in [5, 5.41) is 0. The third-order valence-electron chi connectivity index (χ3n) is 1.59. The summed E-state index contributed by atoms with van der Waals surface area (Å²) < 4.78 is 14.7. The Bertz CT molecular complexity index is 316. The molecule has 0 aliphatic heterocycles. The molecule has 82 valence electrons. The molecule has 0 aliphatic carbocycles. The van der Waals surface area contributed by atoms with Crippen LogP contribution in [0.5, 0.6) is 11.5 Å². The van der Waals surface area contributed by atoms with Gasteiger partial charge >= 0.3 is 6.16 Å². The van der Waals surface area contributed by atoms with Gasteiger partial charge in [-0.1, -0.05) is 0 Å². The molecule has 1 aromatic carbocycles. The average molecular weight is 210 g/mol. The van der Waals surface area contributed by atoms with E-state index >= 15 is 0 Å². The van der Waals surface area contributed by atoms with Gasteiger partial charge in [-0.25, -0.2) is 4.79 Å². The Morgan fingerprint density at radius 1 is 1.13 bits per heavy atom. The van der Waals surface area contributed by atoms with Crippen molar-refractivity contribution in [3.8, 4) is 11.5 Å². The first-order chi connectivity index (χ1) is 7.11. The van der Waals surface area contributed by atoms with Crippen LogP contribution in [-0.2, 0) is 4.74 Å². The van der Waals surface area contributed by atoms with E-state index in [1.54, 1.807) is 45.2 Å². The second-order valence-electron chi connectivity index (χ2n) is 3.19. The summed E-state index contributed by atoms with van der Waals surface area (Å²) >= 11 is 0. The fourth-order valence-corrected chi connectivity index (χ4v) is 0.956. The first kappa shape index (κ1) is 11.4. The second kappa shape index (κ2) is 5.24. The van der Waals surface area contributed by atoms with Crippen molar-refractivity contribution in [3.05, 3.63) is 24.3 Å². The van der Waals surface area contributed by atoms with Gasteiger partial charge in [-0.2, -0.15) is 0 Å². The maximum Gasteiger partial charge on any atom is 0.514 e. The van der Waals surface area contributed by atoms with Crippen LogP contribution in [0.1, 0.15) is 13.8 Å². The third kappa shape index (κ3) is 3.89. The molecule has 4 nitrogen and oxygen atoms in total. The number of benzene rings is 1. The van der Waals surface area contributed by atoms with Crippen LogP contribution in [0.25, 0.3) is 0 Å². The van der Waals surface area contributed by atoms with Crippen molar-refractivity contribution in [2.45, 2.75) is 20.0 Å². The van der Waals surface area contributed by atoms with Crippen molar-refractivity contribution < 1.29 is 19.0 Å². The van der Waals surface area contributed by atoms with E-state index in [0.717, 1.165) is 0 Å². The molecule has 0 amide bonds. The number of ether oxygens (including phenoxy) is 3. The summed E-state index contributed by atoms with van der Waals surface area (Å²) in [5.74, 6) is 1.14. The first-order valence-corrected chi connectivity index (χ1v) is 4.64. The van der Waals surface area contributed by atoms with Crippen molar-refractivity contribution in [1.29, 1.82) is 0 Å². The van der Waals surface area contributed by atoms with Crippen LogP contribution in [-0.4, -0.2) is 19.4 Å². The van der Waals surface area contributed by atoms with Crippen LogP contribution in [0.15, 0.2) is 24.3 Å². The Morgan fingerprint density at radius 2 is 1.67 bits per heavy atom. The molecule has 1 rings (SSSR count). The Labute approximate surface area is 88.8 Å². The maximum atomic E-state index is 11.1. The molecule has 0 aliphatic rings. The molecule has 0 radical (unpaired) electrons. The highest BCUT2D eigenvalue weighted by Crippen LogP contribution is 2.17. The number of carbonyl (C=O) groups excluding carboxylic acids is 1. The van der Waals surface area contributed by atoms with Crippen LogP contribution < -0.4 is 9.47 Å². The zero-order chi connectivity index (χ0) is 11.3. The van der Waals surface area contributed by atoms with Crippen LogP contribution >= 0.6 is 0 Å². The Hall–Kier alpha value is -1.71. The Balaban J connectivity index is 2.53. The number of methoxy groups -OCH3 is 1. The molecule has 0 aromatic heterocycles. The molecule has 0 fully saturated rings. The van der Waals surface area contributed by atoms with Gasteiger partial charge < -0.3 is 14.2 Å². The molecular formula is C11H14O4. The minimum atomic E-state index is -0.699. The summed E-state index contributed by atoms with van der Waals surface area (Å²) in [6, 6.07) is 6.69. The predicted molar refractivity (Wildman–Crippen MR) is 55.2 cm³/mol. The molecule has 0 atom stereocenters. The van der Waals surface area contributed by atoms with Crippen molar-refractivity contribution in [1.82, 2.24) is 0 Å². The maximum absolute atomic E-state index is 11.1. The lowest BCUT2D eigenvalue weighted by Crippen LogP contribution is -2.15. The molecule has 0 unspecified atom stereocenters. The average Bonchev–Trinajstić information content (AvgIpc) is 2.17. The van der Waals surface area contributed by atoms with Crippen LogP contribution in [0.2, 0.25) is 0 Å². The van der Waals surface area contributed by atoms with Gasteiger partial charge in [0.05, 0.1) is 13.2 Å². The highest BCUT2D eigenvalue weighted by molar-refractivity contribution is 5.64. The number of hydrogen-bond acceptors (Lipinski definition) is 4. The van der Waals surface area contributed by atoms with Gasteiger partial charge in [0.15, 0.2) is 0 Å². The molecule has 0 heterocycles. The lowest BCUT2D eigenvalue weighted by Gasteiger charge is -2.08. The van der Waals surface area contributed by atoms with Crippen molar-refractivity contribution in [2.24, 2.45) is 0 Å². The minimum absolute atomic E-state index is 0.184. The minimum Gasteiger partial charge on any atom is -0.497 e. The van der Waals surface area contributed by atoms with Gasteiger partial charge in [0.2, 0.25) is 0 Å². The molecule has 0 N–H and O–H groups in total. The molecule has 4 heteroatoms. The second-order valence-corrected chi connectivity index (χ2v) is 3.19. The van der Waals surface area contributed by atoms with Crippen LogP contribution in [0, 0.1) is 0 Å². The molecule has 0 bridgehead atoms. The molecule has 0 spiro atoms. The van der Waals surface area contributed by atoms with E-state index in [1.165, 1.54) is 0 Å². The highest BCUT2D eigenvalue weighted by Gasteiger charge is 2.07. The van der Waals surface area contributed by atoms with E-state index in [-0.39, 0.29) is 6.10 Å². The van der Waals surface area contributed by atoms with E-state index in [0.29, 0.717) is 11.5 Å². The summed E-state index contributed by atoms with van der Waals surface area (Å²) in [5.41, 5.74) is 0. The van der Waals surface area contributed by atoms with Gasteiger partial charge in [0.1, 0.15) is 11.5 Å². The summed E-state index contributed by atoms with van der Waals surface area (Å²) in [7, 11) is 1.57. The summed E-state index contributed by atoms with van der Waals surface area (Å²) in [4.78, 5) is 11.1. The normalized spacial score (nSPS) is 9.87. The van der Waals surface area contributed by atoms with E-state index in [4.69, 9.17) is 14.2 Å². The first-order valence-electron chi connectivity index (χ1n) is 4.64. The smallest absolute Gasteiger partial charge is 0.497 e.